The molecule has 0 aliphatic rings. The highest BCUT2D eigenvalue weighted by molar-refractivity contribution is 5.79. The molecule has 2 aromatic heterocycles. The second-order valence-electron chi connectivity index (χ2n) is 6.75. The van der Waals surface area contributed by atoms with Crippen molar-refractivity contribution in [1.29, 1.82) is 0 Å². The summed E-state index contributed by atoms with van der Waals surface area (Å²) >= 11 is 0. The lowest BCUT2D eigenvalue weighted by molar-refractivity contribution is -0.384. The van der Waals surface area contributed by atoms with Crippen molar-refractivity contribution in [1.82, 2.24) is 14.6 Å². The fraction of sp³-hybridized carbons (Fsp3) is 0. The third-order valence-electron chi connectivity index (χ3n) is 4.81. The van der Waals surface area contributed by atoms with Crippen molar-refractivity contribution in [3.05, 3.63) is 101 Å². The Labute approximate surface area is 171 Å². The minimum Gasteiger partial charge on any atom is -0.457 e. The maximum atomic E-state index is 10.9. The summed E-state index contributed by atoms with van der Waals surface area (Å²) in [6.45, 7) is 0. The quantitative estimate of drug-likeness (QED) is 0.305. The summed E-state index contributed by atoms with van der Waals surface area (Å²) in [5.74, 6) is 1.54. The van der Waals surface area contributed by atoms with Crippen molar-refractivity contribution in [3.8, 4) is 33.9 Å². The Morgan fingerprint density at radius 1 is 0.867 bits per heavy atom. The highest BCUT2D eigenvalue weighted by Gasteiger charge is 2.13. The smallest absolute Gasteiger partial charge is 0.269 e. The second kappa shape index (κ2) is 7.21. The van der Waals surface area contributed by atoms with E-state index >= 15 is 0 Å². The number of ether oxygens (including phenoxy) is 1. The first-order valence-corrected chi connectivity index (χ1v) is 9.32. The van der Waals surface area contributed by atoms with Gasteiger partial charge in [-0.1, -0.05) is 18.2 Å². The first-order chi connectivity index (χ1) is 14.7. The van der Waals surface area contributed by atoms with Gasteiger partial charge in [0.1, 0.15) is 11.5 Å². The van der Waals surface area contributed by atoms with E-state index in [1.165, 1.54) is 12.1 Å². The summed E-state index contributed by atoms with van der Waals surface area (Å²) in [6.07, 6.45) is 3.75. The van der Waals surface area contributed by atoms with Crippen LogP contribution in [0.5, 0.6) is 11.5 Å². The third-order valence-corrected chi connectivity index (χ3v) is 4.81. The van der Waals surface area contributed by atoms with E-state index in [1.807, 2.05) is 71.5 Å². The predicted molar refractivity (Wildman–Crippen MR) is 114 cm³/mol. The minimum atomic E-state index is -0.407. The Morgan fingerprint density at radius 2 is 1.53 bits per heavy atom. The molecule has 0 saturated heterocycles. The first kappa shape index (κ1) is 17.7. The Morgan fingerprint density at radius 3 is 2.23 bits per heavy atom. The SMILES string of the molecule is O=[N+]([O-])c1ccc(-c2c[nH]n3cc(-c4ccc(Oc5ccccc5)cc4)nc23)cc1. The van der Waals surface area contributed by atoms with Gasteiger partial charge in [0.2, 0.25) is 0 Å². The molecule has 0 fully saturated rings. The van der Waals surface area contributed by atoms with Gasteiger partial charge in [0, 0.05) is 29.5 Å². The highest BCUT2D eigenvalue weighted by Crippen LogP contribution is 2.29. The van der Waals surface area contributed by atoms with Crippen LogP contribution in [-0.4, -0.2) is 19.5 Å². The number of nitrogens with one attached hydrogen (secondary N) is 1. The number of para-hydroxylation sites is 1. The summed E-state index contributed by atoms with van der Waals surface area (Å²) in [5.41, 5.74) is 4.32. The Bertz CT molecular complexity index is 1320. The number of nitrogens with zero attached hydrogens (tertiary/aromatic N) is 3. The van der Waals surface area contributed by atoms with Crippen molar-refractivity contribution in [3.63, 3.8) is 0 Å². The van der Waals surface area contributed by atoms with E-state index in [1.54, 1.807) is 12.1 Å². The molecule has 0 aliphatic carbocycles. The summed E-state index contributed by atoms with van der Waals surface area (Å²) in [6, 6.07) is 23.8. The zero-order valence-electron chi connectivity index (χ0n) is 15.7. The van der Waals surface area contributed by atoms with Gasteiger partial charge in [0.15, 0.2) is 5.65 Å². The number of aromatic amines is 1. The highest BCUT2D eigenvalue weighted by atomic mass is 16.6. The van der Waals surface area contributed by atoms with Gasteiger partial charge in [-0.15, -0.1) is 0 Å². The van der Waals surface area contributed by atoms with Crippen LogP contribution in [0.15, 0.2) is 91.3 Å². The zero-order valence-corrected chi connectivity index (χ0v) is 15.7. The summed E-state index contributed by atoms with van der Waals surface area (Å²) in [5, 5.41) is 14.0. The number of benzene rings is 3. The zero-order chi connectivity index (χ0) is 20.5. The van der Waals surface area contributed by atoms with Crippen molar-refractivity contribution in [2.24, 2.45) is 0 Å². The topological polar surface area (TPSA) is 85.5 Å². The maximum Gasteiger partial charge on any atom is 0.269 e. The molecular weight excluding hydrogens is 380 g/mol. The maximum absolute atomic E-state index is 10.9. The molecule has 0 spiro atoms. The molecule has 0 unspecified atom stereocenters. The third kappa shape index (κ3) is 3.29. The molecule has 30 heavy (non-hydrogen) atoms. The van der Waals surface area contributed by atoms with Crippen LogP contribution >= 0.6 is 0 Å². The van der Waals surface area contributed by atoms with Gasteiger partial charge in [-0.3, -0.25) is 15.2 Å². The molecule has 0 amide bonds. The van der Waals surface area contributed by atoms with Gasteiger partial charge in [-0.25, -0.2) is 9.50 Å². The van der Waals surface area contributed by atoms with Crippen LogP contribution in [0.4, 0.5) is 5.69 Å². The summed E-state index contributed by atoms with van der Waals surface area (Å²) in [7, 11) is 0. The largest absolute Gasteiger partial charge is 0.457 e. The van der Waals surface area contributed by atoms with Crippen LogP contribution < -0.4 is 4.74 Å². The molecule has 2 heterocycles. The first-order valence-electron chi connectivity index (χ1n) is 9.32. The van der Waals surface area contributed by atoms with Crippen molar-refractivity contribution >= 4 is 11.3 Å². The fourth-order valence-corrected chi connectivity index (χ4v) is 3.30. The lowest BCUT2D eigenvalue weighted by Gasteiger charge is -2.05. The number of aromatic nitrogens is 3. The van der Waals surface area contributed by atoms with Crippen LogP contribution in [0.3, 0.4) is 0 Å². The molecular formula is C23H16N4O3. The van der Waals surface area contributed by atoms with Gasteiger partial charge in [-0.05, 0) is 54.1 Å². The van der Waals surface area contributed by atoms with Gasteiger partial charge in [-0.2, -0.15) is 0 Å². The van der Waals surface area contributed by atoms with Gasteiger partial charge >= 0.3 is 0 Å². The van der Waals surface area contributed by atoms with Crippen LogP contribution in [0.25, 0.3) is 28.0 Å². The van der Waals surface area contributed by atoms with Gasteiger partial charge in [0.25, 0.3) is 5.69 Å². The molecule has 5 rings (SSSR count). The molecule has 3 aromatic carbocycles. The van der Waals surface area contributed by atoms with Gasteiger partial charge in [0.05, 0.1) is 16.8 Å². The van der Waals surface area contributed by atoms with Crippen LogP contribution in [0.2, 0.25) is 0 Å². The molecule has 1 N–H and O–H groups in total. The molecule has 7 heteroatoms. The number of hydrogen-bond donors (Lipinski definition) is 1. The van der Waals surface area contributed by atoms with Gasteiger partial charge < -0.3 is 4.74 Å². The summed E-state index contributed by atoms with van der Waals surface area (Å²) < 4.78 is 7.67. The lowest BCUT2D eigenvalue weighted by Crippen LogP contribution is -1.87. The van der Waals surface area contributed by atoms with Crippen molar-refractivity contribution in [2.45, 2.75) is 0 Å². The van der Waals surface area contributed by atoms with E-state index in [0.717, 1.165) is 39.5 Å². The van der Waals surface area contributed by atoms with Crippen LogP contribution in [0.1, 0.15) is 0 Å². The minimum absolute atomic E-state index is 0.0622. The van der Waals surface area contributed by atoms with E-state index in [4.69, 9.17) is 9.72 Å². The Kier molecular flexibility index (Phi) is 4.25. The van der Waals surface area contributed by atoms with E-state index in [0.29, 0.717) is 0 Å². The monoisotopic (exact) mass is 396 g/mol. The molecule has 0 aliphatic heterocycles. The fourth-order valence-electron chi connectivity index (χ4n) is 3.30. The number of fused-ring (bicyclic) bond motifs is 1. The molecule has 146 valence electrons. The van der Waals surface area contributed by atoms with Crippen LogP contribution in [-0.2, 0) is 0 Å². The molecule has 7 nitrogen and oxygen atoms in total. The molecule has 5 aromatic rings. The van der Waals surface area contributed by atoms with E-state index < -0.39 is 4.92 Å². The van der Waals surface area contributed by atoms with E-state index in [2.05, 4.69) is 5.10 Å². The van der Waals surface area contributed by atoms with E-state index in [9.17, 15) is 10.1 Å². The number of nitro benzene ring substituents is 1. The molecule has 0 bridgehead atoms. The normalized spacial score (nSPS) is 10.9. The van der Waals surface area contributed by atoms with Crippen molar-refractivity contribution < 1.29 is 9.66 Å². The number of non-ortho nitro benzene ring substituents is 1. The standard InChI is InChI=1S/C23H16N4O3/c28-27(29)18-10-6-16(7-11-18)21-14-24-26-15-22(25-23(21)26)17-8-12-20(13-9-17)30-19-4-2-1-3-5-19/h1-15,24H. The lowest BCUT2D eigenvalue weighted by atomic mass is 10.1. The Balaban J connectivity index is 1.42. The molecule has 0 saturated carbocycles. The Hall–Kier alpha value is -4.39. The molecule has 0 radical (unpaired) electrons. The number of rotatable bonds is 5. The van der Waals surface area contributed by atoms with E-state index in [-0.39, 0.29) is 5.69 Å². The van der Waals surface area contributed by atoms with Crippen LogP contribution in [0, 0.1) is 10.1 Å². The average molecular weight is 396 g/mol. The number of H-pyrrole nitrogens is 1. The number of nitro groups is 1. The average Bonchev–Trinajstić information content (AvgIpc) is 3.36. The van der Waals surface area contributed by atoms with Crippen molar-refractivity contribution in [2.75, 3.05) is 0 Å². The predicted octanol–water partition coefficient (Wildman–Crippen LogP) is 5.70. The molecule has 0 atom stereocenters. The summed E-state index contributed by atoms with van der Waals surface area (Å²) in [4.78, 5) is 15.2. The number of hydrogen-bond acceptors (Lipinski definition) is 4. The number of imidazole rings is 1. The second-order valence-corrected chi connectivity index (χ2v) is 6.75.